The highest BCUT2D eigenvalue weighted by molar-refractivity contribution is 4.92. The van der Waals surface area contributed by atoms with E-state index in [2.05, 4.69) is 31.0 Å². The number of likely N-dealkylation sites (tertiary alicyclic amines) is 1. The highest BCUT2D eigenvalue weighted by Gasteiger charge is 2.35. The van der Waals surface area contributed by atoms with Crippen LogP contribution in [-0.4, -0.2) is 47.8 Å². The molecule has 0 spiro atoms. The fourth-order valence-corrected chi connectivity index (χ4v) is 3.81. The van der Waals surface area contributed by atoms with Gasteiger partial charge in [-0.05, 0) is 70.4 Å². The van der Waals surface area contributed by atoms with Crippen LogP contribution >= 0.6 is 0 Å². The lowest BCUT2D eigenvalue weighted by atomic mass is 9.82. The van der Waals surface area contributed by atoms with E-state index in [9.17, 15) is 5.11 Å². The van der Waals surface area contributed by atoms with Gasteiger partial charge in [0, 0.05) is 18.1 Å². The van der Waals surface area contributed by atoms with Gasteiger partial charge < -0.3 is 15.3 Å². The number of unbranched alkanes of at least 4 members (excludes halogenated alkanes) is 1. The van der Waals surface area contributed by atoms with E-state index < -0.39 is 0 Å². The van der Waals surface area contributed by atoms with Crippen LogP contribution in [0.3, 0.4) is 0 Å². The fourth-order valence-electron chi connectivity index (χ4n) is 3.81. The van der Waals surface area contributed by atoms with Gasteiger partial charge in [-0.3, -0.25) is 0 Å². The Hall–Kier alpha value is -0.120. The van der Waals surface area contributed by atoms with E-state index >= 15 is 0 Å². The van der Waals surface area contributed by atoms with Crippen molar-refractivity contribution in [1.82, 2.24) is 10.2 Å². The maximum Gasteiger partial charge on any atom is 0.0610 e. The van der Waals surface area contributed by atoms with Crippen molar-refractivity contribution in [3.05, 3.63) is 0 Å². The van der Waals surface area contributed by atoms with Gasteiger partial charge >= 0.3 is 0 Å². The van der Waals surface area contributed by atoms with Gasteiger partial charge in [0.15, 0.2) is 0 Å². The van der Waals surface area contributed by atoms with Crippen molar-refractivity contribution in [2.75, 3.05) is 26.2 Å². The smallest absolute Gasteiger partial charge is 0.0610 e. The summed E-state index contributed by atoms with van der Waals surface area (Å²) in [5, 5.41) is 13.2. The monoisotopic (exact) mass is 296 g/mol. The number of hydrogen-bond acceptors (Lipinski definition) is 3. The fraction of sp³-hybridized carbons (Fsp3) is 1.00. The Morgan fingerprint density at radius 1 is 1.24 bits per heavy atom. The highest BCUT2D eigenvalue weighted by atomic mass is 16.3. The molecule has 0 aromatic rings. The van der Waals surface area contributed by atoms with E-state index in [1.165, 1.54) is 64.6 Å². The number of nitrogens with one attached hydrogen (secondary N) is 1. The molecule has 1 heterocycles. The molecule has 0 amide bonds. The molecule has 2 N–H and O–H groups in total. The van der Waals surface area contributed by atoms with Crippen molar-refractivity contribution in [2.24, 2.45) is 5.41 Å². The standard InChI is InChI=1S/C18H36N2O/c1-4-18(5-2)11-13-20(14-18)12-7-6-10-17(3,15-21)19-16-8-9-16/h16,19,21H,4-15H2,1-3H3. The number of hydrogen-bond donors (Lipinski definition) is 2. The number of aliphatic hydroxyl groups excluding tert-OH is 1. The van der Waals surface area contributed by atoms with Gasteiger partial charge in [0.1, 0.15) is 0 Å². The summed E-state index contributed by atoms with van der Waals surface area (Å²) in [5.41, 5.74) is 0.552. The van der Waals surface area contributed by atoms with Crippen LogP contribution in [0.15, 0.2) is 0 Å². The minimum atomic E-state index is -0.0528. The Bertz CT molecular complexity index is 312. The molecule has 3 heteroatoms. The number of nitrogens with zero attached hydrogens (tertiary/aromatic N) is 1. The van der Waals surface area contributed by atoms with Crippen molar-refractivity contribution >= 4 is 0 Å². The molecule has 21 heavy (non-hydrogen) atoms. The van der Waals surface area contributed by atoms with Crippen LogP contribution in [0.4, 0.5) is 0 Å². The molecule has 0 radical (unpaired) electrons. The van der Waals surface area contributed by atoms with Crippen LogP contribution in [0.2, 0.25) is 0 Å². The summed E-state index contributed by atoms with van der Waals surface area (Å²) in [6.45, 7) is 11.0. The van der Waals surface area contributed by atoms with E-state index in [4.69, 9.17) is 0 Å². The first-order valence-electron chi connectivity index (χ1n) is 9.16. The lowest BCUT2D eigenvalue weighted by Gasteiger charge is -2.29. The molecule has 1 saturated carbocycles. The first kappa shape index (κ1) is 17.2. The van der Waals surface area contributed by atoms with Gasteiger partial charge in [-0.25, -0.2) is 0 Å². The number of rotatable bonds is 10. The Morgan fingerprint density at radius 2 is 1.95 bits per heavy atom. The van der Waals surface area contributed by atoms with Crippen molar-refractivity contribution in [3.8, 4) is 0 Å². The van der Waals surface area contributed by atoms with E-state index in [0.717, 1.165) is 6.42 Å². The SMILES string of the molecule is CCC1(CC)CCN(CCCCC(C)(CO)NC2CC2)C1. The highest BCUT2D eigenvalue weighted by Crippen LogP contribution is 2.37. The van der Waals surface area contributed by atoms with Crippen molar-refractivity contribution in [3.63, 3.8) is 0 Å². The molecule has 0 aromatic heterocycles. The van der Waals surface area contributed by atoms with E-state index in [-0.39, 0.29) is 12.1 Å². The third kappa shape index (κ3) is 4.94. The molecule has 1 aliphatic heterocycles. The Labute approximate surface area is 131 Å². The van der Waals surface area contributed by atoms with Crippen LogP contribution in [0.1, 0.15) is 72.1 Å². The van der Waals surface area contributed by atoms with E-state index in [0.29, 0.717) is 11.5 Å². The Kier molecular flexibility index (Phi) is 6.10. The lowest BCUT2D eigenvalue weighted by Crippen LogP contribution is -2.47. The summed E-state index contributed by atoms with van der Waals surface area (Å²) in [6, 6.07) is 0.676. The van der Waals surface area contributed by atoms with Gasteiger partial charge in [-0.15, -0.1) is 0 Å². The molecule has 0 aromatic carbocycles. The second kappa shape index (κ2) is 7.43. The molecule has 1 unspecified atom stereocenters. The van der Waals surface area contributed by atoms with Gasteiger partial charge in [0.2, 0.25) is 0 Å². The summed E-state index contributed by atoms with van der Waals surface area (Å²) in [7, 11) is 0. The minimum Gasteiger partial charge on any atom is -0.394 e. The summed E-state index contributed by atoms with van der Waals surface area (Å²) < 4.78 is 0. The summed E-state index contributed by atoms with van der Waals surface area (Å²) in [4.78, 5) is 2.66. The van der Waals surface area contributed by atoms with Crippen LogP contribution in [0.25, 0.3) is 0 Å². The first-order valence-corrected chi connectivity index (χ1v) is 9.16. The Morgan fingerprint density at radius 3 is 2.48 bits per heavy atom. The van der Waals surface area contributed by atoms with Crippen LogP contribution in [0.5, 0.6) is 0 Å². The molecule has 1 aliphatic carbocycles. The van der Waals surface area contributed by atoms with Gasteiger partial charge in [0.25, 0.3) is 0 Å². The molecule has 2 fully saturated rings. The summed E-state index contributed by atoms with van der Waals surface area (Å²) in [6.07, 6.45) is 10.2. The van der Waals surface area contributed by atoms with E-state index in [1.807, 2.05) is 0 Å². The maximum absolute atomic E-state index is 9.63. The minimum absolute atomic E-state index is 0.0528. The van der Waals surface area contributed by atoms with Gasteiger partial charge in [-0.2, -0.15) is 0 Å². The van der Waals surface area contributed by atoms with Crippen LogP contribution in [0, 0.1) is 5.41 Å². The molecule has 3 nitrogen and oxygen atoms in total. The molecule has 1 saturated heterocycles. The normalized spacial score (nSPS) is 25.1. The van der Waals surface area contributed by atoms with E-state index in [1.54, 1.807) is 0 Å². The molecular weight excluding hydrogens is 260 g/mol. The second-order valence-electron chi connectivity index (χ2n) is 7.83. The van der Waals surface area contributed by atoms with Gasteiger partial charge in [-0.1, -0.05) is 20.3 Å². The lowest BCUT2D eigenvalue weighted by molar-refractivity contribution is 0.159. The molecule has 124 valence electrons. The van der Waals surface area contributed by atoms with Crippen LogP contribution in [-0.2, 0) is 0 Å². The van der Waals surface area contributed by atoms with Crippen molar-refractivity contribution in [1.29, 1.82) is 0 Å². The molecular formula is C18H36N2O. The average Bonchev–Trinajstić information content (AvgIpc) is 3.21. The Balaban J connectivity index is 1.63. The second-order valence-corrected chi connectivity index (χ2v) is 7.83. The topological polar surface area (TPSA) is 35.5 Å². The summed E-state index contributed by atoms with van der Waals surface area (Å²) >= 11 is 0. The third-order valence-electron chi connectivity index (χ3n) is 5.95. The maximum atomic E-state index is 9.63. The molecule has 1 atom stereocenters. The predicted molar refractivity (Wildman–Crippen MR) is 89.6 cm³/mol. The molecule has 2 rings (SSSR count). The molecule has 2 aliphatic rings. The van der Waals surface area contributed by atoms with Gasteiger partial charge in [0.05, 0.1) is 6.61 Å². The molecule has 0 bridgehead atoms. The van der Waals surface area contributed by atoms with Crippen molar-refractivity contribution < 1.29 is 5.11 Å². The first-order chi connectivity index (χ1) is 10.0. The largest absolute Gasteiger partial charge is 0.394 e. The third-order valence-corrected chi connectivity index (χ3v) is 5.95. The zero-order valence-corrected chi connectivity index (χ0v) is 14.5. The zero-order valence-electron chi connectivity index (χ0n) is 14.5. The van der Waals surface area contributed by atoms with Crippen molar-refractivity contribution in [2.45, 2.75) is 83.7 Å². The number of aliphatic hydroxyl groups is 1. The predicted octanol–water partition coefficient (Wildman–Crippen LogP) is 3.17. The quantitative estimate of drug-likeness (QED) is 0.608. The zero-order chi connectivity index (χ0) is 15.3. The summed E-state index contributed by atoms with van der Waals surface area (Å²) in [5.74, 6) is 0. The van der Waals surface area contributed by atoms with Crippen LogP contribution < -0.4 is 5.32 Å². The average molecular weight is 296 g/mol.